The summed E-state index contributed by atoms with van der Waals surface area (Å²) in [5.41, 5.74) is 2.63. The Labute approximate surface area is 135 Å². The molecule has 0 saturated carbocycles. The van der Waals surface area contributed by atoms with Gasteiger partial charge in [-0.15, -0.1) is 11.8 Å². The Kier molecular flexibility index (Phi) is 4.04. The number of benzene rings is 1. The van der Waals surface area contributed by atoms with Crippen molar-refractivity contribution >= 4 is 17.7 Å². The Morgan fingerprint density at radius 1 is 1.23 bits per heavy atom. The number of hydrogen-bond donors (Lipinski definition) is 0. The van der Waals surface area contributed by atoms with Crippen LogP contribution >= 0.6 is 11.8 Å². The molecule has 1 atom stereocenters. The number of nitrogens with zero attached hydrogens (tertiary/aromatic N) is 1. The van der Waals surface area contributed by atoms with Crippen molar-refractivity contribution in [2.45, 2.75) is 31.6 Å². The Balaban J connectivity index is 1.83. The summed E-state index contributed by atoms with van der Waals surface area (Å²) in [7, 11) is 0. The van der Waals surface area contributed by atoms with E-state index in [1.54, 1.807) is 30.2 Å². The zero-order chi connectivity index (χ0) is 15.7. The fourth-order valence-corrected chi connectivity index (χ4v) is 3.90. The lowest BCUT2D eigenvalue weighted by atomic mass is 9.86. The summed E-state index contributed by atoms with van der Waals surface area (Å²) in [6, 6.07) is 12.1. The fourth-order valence-electron chi connectivity index (χ4n) is 2.64. The fraction of sp³-hybridized carbons (Fsp3) is 0.389. The molecule has 0 bridgehead atoms. The Bertz CT molecular complexity index is 641. The van der Waals surface area contributed by atoms with E-state index in [1.165, 1.54) is 11.1 Å². The highest BCUT2D eigenvalue weighted by Crippen LogP contribution is 2.39. The maximum atomic E-state index is 12.5. The molecular formula is C18H21NO2S. The molecule has 0 aliphatic carbocycles. The summed E-state index contributed by atoms with van der Waals surface area (Å²) in [4.78, 5) is 14.4. The van der Waals surface area contributed by atoms with Gasteiger partial charge in [-0.3, -0.25) is 4.79 Å². The van der Waals surface area contributed by atoms with E-state index in [0.29, 0.717) is 5.76 Å². The second-order valence-corrected chi connectivity index (χ2v) is 7.76. The van der Waals surface area contributed by atoms with E-state index >= 15 is 0 Å². The van der Waals surface area contributed by atoms with E-state index in [4.69, 9.17) is 4.42 Å². The third-order valence-corrected chi connectivity index (χ3v) is 5.21. The number of amides is 1. The molecule has 0 radical (unpaired) electrons. The summed E-state index contributed by atoms with van der Waals surface area (Å²) in [6.07, 6.45) is 1.55. The van der Waals surface area contributed by atoms with Crippen LogP contribution in [0.4, 0.5) is 0 Å². The average molecular weight is 315 g/mol. The van der Waals surface area contributed by atoms with Crippen molar-refractivity contribution in [3.05, 3.63) is 59.5 Å². The predicted octanol–water partition coefficient (Wildman–Crippen LogP) is 4.46. The van der Waals surface area contributed by atoms with E-state index < -0.39 is 0 Å². The molecule has 3 nitrogen and oxygen atoms in total. The van der Waals surface area contributed by atoms with Gasteiger partial charge in [0.2, 0.25) is 0 Å². The molecule has 2 aromatic rings. The number of furan rings is 1. The lowest BCUT2D eigenvalue weighted by Gasteiger charge is -2.24. The molecule has 1 fully saturated rings. The highest BCUT2D eigenvalue weighted by molar-refractivity contribution is 7.99. The molecule has 22 heavy (non-hydrogen) atoms. The first-order chi connectivity index (χ1) is 10.5. The third kappa shape index (κ3) is 2.93. The first-order valence-electron chi connectivity index (χ1n) is 7.53. The Morgan fingerprint density at radius 2 is 1.95 bits per heavy atom. The molecule has 0 N–H and O–H groups in total. The molecule has 116 valence electrons. The molecule has 1 saturated heterocycles. The van der Waals surface area contributed by atoms with Gasteiger partial charge in [-0.05, 0) is 28.7 Å². The second kappa shape index (κ2) is 5.84. The van der Waals surface area contributed by atoms with Gasteiger partial charge < -0.3 is 9.32 Å². The van der Waals surface area contributed by atoms with E-state index in [9.17, 15) is 4.79 Å². The molecule has 1 unspecified atom stereocenters. The van der Waals surface area contributed by atoms with Gasteiger partial charge in [-0.1, -0.05) is 45.0 Å². The summed E-state index contributed by atoms with van der Waals surface area (Å²) >= 11 is 1.81. The highest BCUT2D eigenvalue weighted by atomic mass is 32.2. The van der Waals surface area contributed by atoms with Crippen LogP contribution in [0.15, 0.2) is 47.1 Å². The minimum absolute atomic E-state index is 0.0279. The highest BCUT2D eigenvalue weighted by Gasteiger charge is 2.32. The van der Waals surface area contributed by atoms with Crippen LogP contribution in [-0.4, -0.2) is 23.1 Å². The van der Waals surface area contributed by atoms with E-state index in [0.717, 1.165) is 12.3 Å². The smallest absolute Gasteiger partial charge is 0.290 e. The van der Waals surface area contributed by atoms with Gasteiger partial charge >= 0.3 is 0 Å². The molecule has 1 aliphatic rings. The molecule has 1 aromatic heterocycles. The first kappa shape index (κ1) is 15.2. The van der Waals surface area contributed by atoms with Gasteiger partial charge in [0.1, 0.15) is 5.37 Å². The number of hydrogen-bond acceptors (Lipinski definition) is 3. The van der Waals surface area contributed by atoms with Crippen LogP contribution in [0.3, 0.4) is 0 Å². The van der Waals surface area contributed by atoms with Crippen LogP contribution in [-0.2, 0) is 5.41 Å². The number of thioether (sulfide) groups is 1. The largest absolute Gasteiger partial charge is 0.459 e. The topological polar surface area (TPSA) is 33.5 Å². The maximum Gasteiger partial charge on any atom is 0.290 e. The minimum atomic E-state index is -0.0279. The van der Waals surface area contributed by atoms with E-state index in [1.807, 2.05) is 4.90 Å². The van der Waals surface area contributed by atoms with Gasteiger partial charge in [0.25, 0.3) is 5.91 Å². The lowest BCUT2D eigenvalue weighted by Crippen LogP contribution is -2.30. The zero-order valence-electron chi connectivity index (χ0n) is 13.2. The second-order valence-electron chi connectivity index (χ2n) is 6.57. The molecule has 1 amide bonds. The molecule has 0 spiro atoms. The van der Waals surface area contributed by atoms with Crippen molar-refractivity contribution in [1.82, 2.24) is 4.90 Å². The van der Waals surface area contributed by atoms with Gasteiger partial charge in [0, 0.05) is 12.3 Å². The van der Waals surface area contributed by atoms with Crippen molar-refractivity contribution in [2.75, 3.05) is 12.3 Å². The molecule has 1 aliphatic heterocycles. The summed E-state index contributed by atoms with van der Waals surface area (Å²) < 4.78 is 5.26. The van der Waals surface area contributed by atoms with Crippen molar-refractivity contribution in [1.29, 1.82) is 0 Å². The first-order valence-corrected chi connectivity index (χ1v) is 8.58. The van der Waals surface area contributed by atoms with Crippen molar-refractivity contribution in [3.8, 4) is 0 Å². The van der Waals surface area contributed by atoms with Gasteiger partial charge in [0.15, 0.2) is 5.76 Å². The van der Waals surface area contributed by atoms with Crippen LogP contribution in [0.2, 0.25) is 0 Å². The minimum Gasteiger partial charge on any atom is -0.459 e. The Hall–Kier alpha value is -1.68. The SMILES string of the molecule is CC(C)(C)c1ccc(C2SCCN2C(=O)c2ccco2)cc1. The third-order valence-electron chi connectivity index (χ3n) is 3.95. The van der Waals surface area contributed by atoms with Crippen molar-refractivity contribution < 1.29 is 9.21 Å². The summed E-state index contributed by atoms with van der Waals surface area (Å²) in [5.74, 6) is 1.34. The maximum absolute atomic E-state index is 12.5. The van der Waals surface area contributed by atoms with Crippen LogP contribution < -0.4 is 0 Å². The van der Waals surface area contributed by atoms with Crippen molar-refractivity contribution in [3.63, 3.8) is 0 Å². The lowest BCUT2D eigenvalue weighted by molar-refractivity contribution is 0.0728. The molecule has 4 heteroatoms. The predicted molar refractivity (Wildman–Crippen MR) is 90.1 cm³/mol. The number of carbonyl (C=O) groups is 1. The van der Waals surface area contributed by atoms with Crippen LogP contribution in [0.25, 0.3) is 0 Å². The molecule has 2 heterocycles. The Morgan fingerprint density at radius 3 is 2.55 bits per heavy atom. The quantitative estimate of drug-likeness (QED) is 0.820. The number of rotatable bonds is 2. The van der Waals surface area contributed by atoms with Crippen LogP contribution in [0, 0.1) is 0 Å². The van der Waals surface area contributed by atoms with E-state index in [-0.39, 0.29) is 16.7 Å². The summed E-state index contributed by atoms with van der Waals surface area (Å²) in [5, 5.41) is 0.0756. The molecule has 1 aromatic carbocycles. The zero-order valence-corrected chi connectivity index (χ0v) is 14.0. The standard InChI is InChI=1S/C18H21NO2S/c1-18(2,3)14-8-6-13(7-9-14)17-19(10-12-22-17)16(20)15-5-4-11-21-15/h4-9,11,17H,10,12H2,1-3H3. The van der Waals surface area contributed by atoms with Crippen LogP contribution in [0.5, 0.6) is 0 Å². The monoisotopic (exact) mass is 315 g/mol. The van der Waals surface area contributed by atoms with E-state index in [2.05, 4.69) is 45.0 Å². The van der Waals surface area contributed by atoms with Crippen LogP contribution in [0.1, 0.15) is 47.8 Å². The number of carbonyl (C=O) groups excluding carboxylic acids is 1. The normalized spacial score (nSPS) is 18.7. The summed E-state index contributed by atoms with van der Waals surface area (Å²) in [6.45, 7) is 7.38. The van der Waals surface area contributed by atoms with Gasteiger partial charge in [0.05, 0.1) is 6.26 Å². The average Bonchev–Trinajstić information content (AvgIpc) is 3.17. The molecular weight excluding hydrogens is 294 g/mol. The molecule has 3 rings (SSSR count). The van der Waals surface area contributed by atoms with Crippen molar-refractivity contribution in [2.24, 2.45) is 0 Å². The van der Waals surface area contributed by atoms with Gasteiger partial charge in [-0.25, -0.2) is 0 Å². The van der Waals surface area contributed by atoms with Gasteiger partial charge in [-0.2, -0.15) is 0 Å².